The Morgan fingerprint density at radius 3 is 1.44 bits per heavy atom. The van der Waals surface area contributed by atoms with Gasteiger partial charge in [0.05, 0.1) is 33.0 Å². The van der Waals surface area contributed by atoms with Gasteiger partial charge >= 0.3 is 0 Å². The monoisotopic (exact) mass is 711 g/mol. The summed E-state index contributed by atoms with van der Waals surface area (Å²) < 4.78 is 73.0. The van der Waals surface area contributed by atoms with E-state index >= 15 is 0 Å². The molecule has 0 bridgehead atoms. The first kappa shape index (κ1) is 23.2. The highest BCUT2D eigenvalue weighted by Crippen LogP contribution is 2.34. The van der Waals surface area contributed by atoms with Gasteiger partial charge in [0, 0.05) is 21.5 Å². The lowest BCUT2D eigenvalue weighted by molar-refractivity contribution is 0.887. The van der Waals surface area contributed by atoms with Gasteiger partial charge in [0.25, 0.3) is 0 Å². The number of benzene rings is 7. The van der Waals surface area contributed by atoms with Crippen LogP contribution in [0.15, 0.2) is 182 Å². The lowest BCUT2D eigenvalue weighted by Crippen LogP contribution is -2.74. The number of aromatic nitrogens is 5. The molecular formula is C45H30ClN5Si. The van der Waals surface area contributed by atoms with E-state index in [0.717, 1.165) is 27.0 Å². The van der Waals surface area contributed by atoms with Crippen LogP contribution < -0.4 is 20.7 Å². The molecule has 7 aromatic carbocycles. The van der Waals surface area contributed by atoms with Crippen LogP contribution in [0.5, 0.6) is 0 Å². The molecular weight excluding hydrogens is 674 g/mol. The second-order valence-electron chi connectivity index (χ2n) is 12.4. The summed E-state index contributed by atoms with van der Waals surface area (Å²) >= 11 is 6.80. The molecule has 0 aliphatic rings. The highest BCUT2D eigenvalue weighted by atomic mass is 35.5. The number of para-hydroxylation sites is 3. The van der Waals surface area contributed by atoms with E-state index < -0.39 is 56.4 Å². The summed E-state index contributed by atoms with van der Waals surface area (Å²) in [6.45, 7) is 0. The Kier molecular flexibility index (Phi) is 5.42. The molecule has 10 aromatic rings. The average Bonchev–Trinajstić information content (AvgIpc) is 3.81. The Labute approximate surface area is 317 Å². The second kappa shape index (κ2) is 12.2. The minimum absolute atomic E-state index is 0.0911. The summed E-state index contributed by atoms with van der Waals surface area (Å²) in [5.74, 6) is -0.0971. The Bertz CT molecular complexity index is 3210. The Balaban J connectivity index is 1.32. The van der Waals surface area contributed by atoms with E-state index in [2.05, 4.69) is 101 Å². The molecule has 0 N–H and O–H groups in total. The van der Waals surface area contributed by atoms with Crippen LogP contribution in [0.25, 0.3) is 55.5 Å². The predicted molar refractivity (Wildman–Crippen MR) is 217 cm³/mol. The zero-order valence-electron chi connectivity index (χ0n) is 35.3. The van der Waals surface area contributed by atoms with Gasteiger partial charge in [-0.15, -0.1) is 0 Å². The SMILES string of the molecule is [2H]c1c([2H])c([2H])c2c(c1[2H])c1c([2H])c([2H])c([2H])c([2H])c1n2-c1nc(Cl)nc(-n2c3ccccc3c3ccc([Si](c4ccccc4)(c4ccccc4)c4ccccc4)cc32)n1. The van der Waals surface area contributed by atoms with Crippen LogP contribution in [0.3, 0.4) is 0 Å². The summed E-state index contributed by atoms with van der Waals surface area (Å²) in [5.41, 5.74) is 1.29. The molecule has 0 aliphatic carbocycles. The number of fused-ring (bicyclic) bond motifs is 6. The van der Waals surface area contributed by atoms with Gasteiger partial charge in [-0.3, -0.25) is 9.13 Å². The molecule has 246 valence electrons. The Hall–Kier alpha value is -6.34. The number of rotatable bonds is 6. The van der Waals surface area contributed by atoms with Crippen molar-refractivity contribution in [1.29, 1.82) is 0 Å². The first-order valence-corrected chi connectivity index (χ1v) is 19.0. The summed E-state index contributed by atoms with van der Waals surface area (Å²) in [6.07, 6.45) is 0. The fraction of sp³-hybridized carbons (Fsp3) is 0. The number of nitrogens with zero attached hydrogens (tertiary/aromatic N) is 5. The Morgan fingerprint density at radius 2 is 0.885 bits per heavy atom. The minimum atomic E-state index is -3.00. The van der Waals surface area contributed by atoms with Crippen molar-refractivity contribution in [2.24, 2.45) is 0 Å². The molecule has 7 heteroatoms. The molecule has 0 fully saturated rings. The van der Waals surface area contributed by atoms with Crippen LogP contribution in [0, 0.1) is 0 Å². The van der Waals surface area contributed by atoms with Crippen molar-refractivity contribution in [2.75, 3.05) is 0 Å². The van der Waals surface area contributed by atoms with Crippen molar-refractivity contribution in [3.05, 3.63) is 187 Å². The zero-order valence-corrected chi connectivity index (χ0v) is 29.1. The van der Waals surface area contributed by atoms with Gasteiger partial charge in [0.15, 0.2) is 8.07 Å². The fourth-order valence-corrected chi connectivity index (χ4v) is 12.5. The van der Waals surface area contributed by atoms with Crippen molar-refractivity contribution in [2.45, 2.75) is 0 Å². The van der Waals surface area contributed by atoms with E-state index in [1.807, 2.05) is 47.0 Å². The number of hydrogen-bond donors (Lipinski definition) is 0. The van der Waals surface area contributed by atoms with Gasteiger partial charge in [-0.05, 0) is 56.6 Å². The molecule has 0 saturated carbocycles. The van der Waals surface area contributed by atoms with Crippen LogP contribution in [0.1, 0.15) is 11.0 Å². The smallest absolute Gasteiger partial charge is 0.240 e. The lowest BCUT2D eigenvalue weighted by Gasteiger charge is -2.34. The summed E-state index contributed by atoms with van der Waals surface area (Å²) in [6, 6.07) is 42.0. The molecule has 5 nitrogen and oxygen atoms in total. The molecule has 0 amide bonds. The zero-order chi connectivity index (χ0) is 41.6. The van der Waals surface area contributed by atoms with Gasteiger partial charge in [-0.25, -0.2) is 0 Å². The molecule has 3 heterocycles. The van der Waals surface area contributed by atoms with E-state index in [9.17, 15) is 0 Å². The maximum absolute atomic E-state index is 9.02. The molecule has 52 heavy (non-hydrogen) atoms. The first-order valence-electron chi connectivity index (χ1n) is 20.7. The molecule has 0 aliphatic heterocycles. The van der Waals surface area contributed by atoms with Crippen LogP contribution in [-0.2, 0) is 0 Å². The topological polar surface area (TPSA) is 48.5 Å². The summed E-state index contributed by atoms with van der Waals surface area (Å²) in [5, 5.41) is 6.08. The van der Waals surface area contributed by atoms with Gasteiger partial charge in [0.1, 0.15) is 0 Å². The third kappa shape index (κ3) is 4.58. The molecule has 10 rings (SSSR count). The molecule has 3 aromatic heterocycles. The van der Waals surface area contributed by atoms with Crippen LogP contribution in [-0.4, -0.2) is 32.2 Å². The fourth-order valence-electron chi connectivity index (χ4n) is 7.63. The van der Waals surface area contributed by atoms with E-state index in [1.54, 1.807) is 0 Å². The van der Waals surface area contributed by atoms with Crippen molar-refractivity contribution < 1.29 is 11.0 Å². The average molecular weight is 712 g/mol. The molecule has 0 radical (unpaired) electrons. The summed E-state index contributed by atoms with van der Waals surface area (Å²) in [4.78, 5) is 14.1. The van der Waals surface area contributed by atoms with E-state index in [-0.39, 0.29) is 39.0 Å². The third-order valence-corrected chi connectivity index (χ3v) is 14.7. The van der Waals surface area contributed by atoms with Gasteiger partial charge < -0.3 is 0 Å². The largest absolute Gasteiger partial charge is 0.278 e. The van der Waals surface area contributed by atoms with Gasteiger partial charge in [-0.2, -0.15) is 15.0 Å². The number of halogens is 1. The van der Waals surface area contributed by atoms with Crippen molar-refractivity contribution >= 4 is 84.0 Å². The molecule has 0 unspecified atom stereocenters. The third-order valence-electron chi connectivity index (χ3n) is 9.74. The predicted octanol–water partition coefficient (Wildman–Crippen LogP) is 8.10. The molecule has 0 spiro atoms. The highest BCUT2D eigenvalue weighted by Gasteiger charge is 2.41. The van der Waals surface area contributed by atoms with Crippen molar-refractivity contribution in [3.63, 3.8) is 0 Å². The molecule has 0 atom stereocenters. The minimum Gasteiger partial charge on any atom is -0.278 e. The van der Waals surface area contributed by atoms with E-state index in [0.29, 0.717) is 0 Å². The maximum atomic E-state index is 9.02. The quantitative estimate of drug-likeness (QED) is 0.129. The Morgan fingerprint density at radius 1 is 0.423 bits per heavy atom. The lowest BCUT2D eigenvalue weighted by atomic mass is 10.1. The highest BCUT2D eigenvalue weighted by molar-refractivity contribution is 7.20. The van der Waals surface area contributed by atoms with Crippen molar-refractivity contribution in [3.8, 4) is 11.9 Å². The number of hydrogen-bond acceptors (Lipinski definition) is 3. The van der Waals surface area contributed by atoms with Gasteiger partial charge in [-0.1, -0.05) is 158 Å². The summed E-state index contributed by atoms with van der Waals surface area (Å²) in [7, 11) is -3.00. The van der Waals surface area contributed by atoms with Gasteiger partial charge in [0.2, 0.25) is 17.2 Å². The van der Waals surface area contributed by atoms with Crippen LogP contribution in [0.2, 0.25) is 5.28 Å². The second-order valence-corrected chi connectivity index (χ2v) is 16.6. The van der Waals surface area contributed by atoms with E-state index in [4.69, 9.17) is 27.6 Å². The maximum Gasteiger partial charge on any atom is 0.240 e. The van der Waals surface area contributed by atoms with E-state index in [1.165, 1.54) is 20.1 Å². The van der Waals surface area contributed by atoms with Crippen LogP contribution >= 0.6 is 11.6 Å². The van der Waals surface area contributed by atoms with Crippen molar-refractivity contribution in [1.82, 2.24) is 24.1 Å². The van der Waals surface area contributed by atoms with Crippen LogP contribution in [0.4, 0.5) is 0 Å². The first-order chi connectivity index (χ1) is 29.0. The molecule has 0 saturated heterocycles. The standard InChI is InChI=1S/C45H30ClN5Si/c46-43-47-44(50-39-25-13-10-22-35(39)36-23-11-14-26-40(36)50)49-45(48-43)51-41-27-15-12-24-37(41)38-29-28-34(30-42(38)51)52(31-16-4-1-5-17-31,32-18-6-2-7-19-32)33-20-8-3-9-21-33/h1-30H/i10D,11D,13D,14D,22D,23D,25D,26D. The normalized spacial score (nSPS) is 14.1.